The zero-order valence-corrected chi connectivity index (χ0v) is 11.0. The van der Waals surface area contributed by atoms with Crippen molar-refractivity contribution in [1.29, 1.82) is 0 Å². The van der Waals surface area contributed by atoms with Crippen molar-refractivity contribution in [3.63, 3.8) is 0 Å². The van der Waals surface area contributed by atoms with Gasteiger partial charge in [-0.25, -0.2) is 0 Å². The maximum atomic E-state index is 5.87. The Hall–Kier alpha value is -1.64. The number of benzene rings is 2. The minimum absolute atomic E-state index is 0.734. The van der Waals surface area contributed by atoms with Crippen LogP contribution in [0.2, 0.25) is 5.02 Å². The molecule has 0 unspecified atom stereocenters. The summed E-state index contributed by atoms with van der Waals surface area (Å²) in [4.78, 5) is 1.06. The number of hydrogen-bond acceptors (Lipinski definition) is 2. The second-order valence-electron chi connectivity index (χ2n) is 3.86. The van der Waals surface area contributed by atoms with E-state index in [1.807, 2.05) is 42.5 Å². The molecule has 0 aliphatic rings. The Kier molecular flexibility index (Phi) is 3.13. The Labute approximate surface area is 115 Å². The van der Waals surface area contributed by atoms with Crippen molar-refractivity contribution < 1.29 is 0 Å². The number of halogens is 1. The van der Waals surface area contributed by atoms with Crippen LogP contribution in [0.5, 0.6) is 0 Å². The molecule has 0 saturated carbocycles. The van der Waals surface area contributed by atoms with E-state index in [9.17, 15) is 0 Å². The normalized spacial score (nSPS) is 10.5. The van der Waals surface area contributed by atoms with Gasteiger partial charge in [0.25, 0.3) is 0 Å². The van der Waals surface area contributed by atoms with Gasteiger partial charge in [0.1, 0.15) is 0 Å². The van der Waals surface area contributed by atoms with E-state index in [1.165, 1.54) is 11.5 Å². The van der Waals surface area contributed by atoms with Crippen molar-refractivity contribution in [1.82, 2.24) is 4.37 Å². The highest BCUT2D eigenvalue weighted by Crippen LogP contribution is 2.29. The topological polar surface area (TPSA) is 12.9 Å². The molecule has 0 amide bonds. The summed E-state index contributed by atoms with van der Waals surface area (Å²) in [5.74, 6) is 0. The Morgan fingerprint density at radius 2 is 1.61 bits per heavy atom. The van der Waals surface area contributed by atoms with Crippen molar-refractivity contribution in [2.75, 3.05) is 0 Å². The van der Waals surface area contributed by atoms with Gasteiger partial charge in [-0.3, -0.25) is 0 Å². The molecule has 0 N–H and O–H groups in total. The van der Waals surface area contributed by atoms with E-state index in [4.69, 9.17) is 11.6 Å². The predicted molar refractivity (Wildman–Crippen MR) is 76.8 cm³/mol. The number of rotatable bonds is 2. The van der Waals surface area contributed by atoms with Crippen molar-refractivity contribution in [2.45, 2.75) is 0 Å². The first-order valence-electron chi connectivity index (χ1n) is 5.53. The van der Waals surface area contributed by atoms with E-state index >= 15 is 0 Å². The molecule has 18 heavy (non-hydrogen) atoms. The lowest BCUT2D eigenvalue weighted by molar-refractivity contribution is 1.52. The first-order valence-corrected chi connectivity index (χ1v) is 6.68. The molecule has 2 aromatic carbocycles. The van der Waals surface area contributed by atoms with Gasteiger partial charge in [0.05, 0.1) is 10.6 Å². The smallest absolute Gasteiger partial charge is 0.0926 e. The fourth-order valence-corrected chi connectivity index (χ4v) is 2.53. The van der Waals surface area contributed by atoms with Crippen LogP contribution in [0.25, 0.3) is 21.7 Å². The minimum atomic E-state index is 0.734. The highest BCUT2D eigenvalue weighted by Gasteiger charge is 2.06. The first kappa shape index (κ1) is 11.5. The van der Waals surface area contributed by atoms with Crippen molar-refractivity contribution in [3.8, 4) is 21.7 Å². The fraction of sp³-hybridized carbons (Fsp3) is 0. The molecule has 3 aromatic rings. The Morgan fingerprint density at radius 3 is 2.33 bits per heavy atom. The molecule has 0 spiro atoms. The van der Waals surface area contributed by atoms with Gasteiger partial charge < -0.3 is 0 Å². The van der Waals surface area contributed by atoms with Crippen LogP contribution >= 0.6 is 23.1 Å². The Morgan fingerprint density at radius 1 is 0.889 bits per heavy atom. The third-order valence-electron chi connectivity index (χ3n) is 2.61. The van der Waals surface area contributed by atoms with Crippen molar-refractivity contribution in [3.05, 3.63) is 65.7 Å². The van der Waals surface area contributed by atoms with Crippen LogP contribution < -0.4 is 0 Å². The van der Waals surface area contributed by atoms with E-state index in [0.29, 0.717) is 0 Å². The molecule has 0 fully saturated rings. The molecule has 0 atom stereocenters. The first-order chi connectivity index (χ1) is 8.83. The summed E-state index contributed by atoms with van der Waals surface area (Å²) in [5.41, 5.74) is 3.06. The van der Waals surface area contributed by atoms with Gasteiger partial charge in [0, 0.05) is 16.7 Å². The van der Waals surface area contributed by atoms with Gasteiger partial charge in [-0.2, -0.15) is 4.37 Å². The lowest BCUT2D eigenvalue weighted by Gasteiger charge is -1.95. The largest absolute Gasteiger partial charge is 0.191 e. The zero-order valence-electron chi connectivity index (χ0n) is 9.43. The summed E-state index contributed by atoms with van der Waals surface area (Å²) in [6.07, 6.45) is 0. The van der Waals surface area contributed by atoms with Gasteiger partial charge in [0.15, 0.2) is 0 Å². The third kappa shape index (κ3) is 2.30. The molecule has 1 aromatic heterocycles. The van der Waals surface area contributed by atoms with Crippen LogP contribution in [0, 0.1) is 6.07 Å². The second-order valence-corrected chi connectivity index (χ2v) is 5.07. The van der Waals surface area contributed by atoms with Gasteiger partial charge >= 0.3 is 0 Å². The molecule has 0 saturated heterocycles. The summed E-state index contributed by atoms with van der Waals surface area (Å²) < 4.78 is 4.44. The molecule has 0 aliphatic heterocycles. The number of hydrogen-bond donors (Lipinski definition) is 0. The van der Waals surface area contributed by atoms with Crippen LogP contribution in [0.1, 0.15) is 0 Å². The molecule has 87 valence electrons. The zero-order chi connectivity index (χ0) is 12.4. The summed E-state index contributed by atoms with van der Waals surface area (Å²) in [7, 11) is 0. The third-order valence-corrected chi connectivity index (χ3v) is 3.66. The average molecular weight is 271 g/mol. The molecule has 0 bridgehead atoms. The predicted octanol–water partition coefficient (Wildman–Crippen LogP) is 4.93. The molecule has 1 heterocycles. The summed E-state index contributed by atoms with van der Waals surface area (Å²) >= 11 is 7.34. The van der Waals surface area contributed by atoms with Crippen molar-refractivity contribution >= 4 is 23.1 Å². The molecule has 0 aliphatic carbocycles. The average Bonchev–Trinajstić information content (AvgIpc) is 2.90. The second kappa shape index (κ2) is 4.92. The van der Waals surface area contributed by atoms with E-state index in [-0.39, 0.29) is 0 Å². The fourth-order valence-electron chi connectivity index (χ4n) is 1.69. The lowest BCUT2D eigenvalue weighted by atomic mass is 10.1. The lowest BCUT2D eigenvalue weighted by Crippen LogP contribution is -1.75. The van der Waals surface area contributed by atoms with E-state index in [1.54, 1.807) is 0 Å². The summed E-state index contributed by atoms with van der Waals surface area (Å²) in [6.45, 7) is 0. The maximum Gasteiger partial charge on any atom is 0.0926 e. The van der Waals surface area contributed by atoms with E-state index < -0.39 is 0 Å². The van der Waals surface area contributed by atoms with E-state index in [2.05, 4.69) is 22.6 Å². The highest BCUT2D eigenvalue weighted by atomic mass is 35.5. The molecule has 1 nitrogen and oxygen atoms in total. The summed E-state index contributed by atoms with van der Waals surface area (Å²) in [5, 5.41) is 0.734. The van der Waals surface area contributed by atoms with E-state index in [0.717, 1.165) is 26.7 Å². The maximum absolute atomic E-state index is 5.87. The monoisotopic (exact) mass is 270 g/mol. The van der Waals surface area contributed by atoms with Gasteiger partial charge in [-0.05, 0) is 29.2 Å². The van der Waals surface area contributed by atoms with Gasteiger partial charge in [-0.1, -0.05) is 54.1 Å². The minimum Gasteiger partial charge on any atom is -0.191 e. The summed E-state index contributed by atoms with van der Waals surface area (Å²) in [6, 6.07) is 21.2. The number of aromatic nitrogens is 1. The number of nitrogens with zero attached hydrogens (tertiary/aromatic N) is 1. The van der Waals surface area contributed by atoms with Crippen LogP contribution in [0.4, 0.5) is 0 Å². The molecule has 1 radical (unpaired) electrons. The highest BCUT2D eigenvalue weighted by molar-refractivity contribution is 7.09. The molecule has 3 heteroatoms. The van der Waals surface area contributed by atoms with Crippen LogP contribution in [-0.4, -0.2) is 4.37 Å². The molecular formula is C15H9ClNS. The Balaban J connectivity index is 1.97. The SMILES string of the molecule is Clc1ccc(-c2[c]c(-c3ccccc3)sn2)cc1. The molecule has 3 rings (SSSR count). The van der Waals surface area contributed by atoms with Crippen molar-refractivity contribution in [2.24, 2.45) is 0 Å². The molecular weight excluding hydrogens is 262 g/mol. The van der Waals surface area contributed by atoms with Gasteiger partial charge in [-0.15, -0.1) is 0 Å². The van der Waals surface area contributed by atoms with Crippen LogP contribution in [0.3, 0.4) is 0 Å². The van der Waals surface area contributed by atoms with Gasteiger partial charge in [0.2, 0.25) is 0 Å². The quantitative estimate of drug-likeness (QED) is 0.643. The standard InChI is InChI=1S/C15H9ClNS/c16-13-8-6-11(7-9-13)14-10-15(18-17-14)12-4-2-1-3-5-12/h1-9H. The van der Waals surface area contributed by atoms with Crippen LogP contribution in [-0.2, 0) is 0 Å². The van der Waals surface area contributed by atoms with Crippen LogP contribution in [0.15, 0.2) is 54.6 Å². The Bertz CT molecular complexity index is 644.